The summed E-state index contributed by atoms with van der Waals surface area (Å²) >= 11 is 7.21. The molecule has 3 aromatic rings. The summed E-state index contributed by atoms with van der Waals surface area (Å²) in [6, 6.07) is 13.5. The lowest BCUT2D eigenvalue weighted by atomic mass is 10.1. The summed E-state index contributed by atoms with van der Waals surface area (Å²) in [5.41, 5.74) is 0.919. The third-order valence-electron chi connectivity index (χ3n) is 3.03. The molecule has 4 heteroatoms. The van der Waals surface area contributed by atoms with Crippen LogP contribution in [0, 0.1) is 5.82 Å². The van der Waals surface area contributed by atoms with E-state index in [1.54, 1.807) is 24.3 Å². The van der Waals surface area contributed by atoms with Crippen molar-refractivity contribution in [2.75, 3.05) is 0 Å². The van der Waals surface area contributed by atoms with Crippen molar-refractivity contribution in [3.8, 4) is 0 Å². The lowest BCUT2D eigenvalue weighted by Gasteiger charge is -1.99. The minimum Gasteiger partial charge on any atom is -0.293 e. The van der Waals surface area contributed by atoms with Crippen LogP contribution in [0.4, 0.5) is 4.39 Å². The number of benzene rings is 2. The van der Waals surface area contributed by atoms with E-state index in [1.807, 2.05) is 12.1 Å². The Balaban J connectivity index is 1.86. The van der Waals surface area contributed by atoms with E-state index in [2.05, 4.69) is 0 Å². The van der Waals surface area contributed by atoms with Crippen molar-refractivity contribution >= 4 is 38.8 Å². The maximum Gasteiger partial charge on any atom is 0.177 e. The number of rotatable bonds is 3. The number of thiophene rings is 1. The van der Waals surface area contributed by atoms with E-state index >= 15 is 0 Å². The van der Waals surface area contributed by atoms with Crippen molar-refractivity contribution in [2.45, 2.75) is 6.42 Å². The number of carbonyl (C=O) groups is 1. The summed E-state index contributed by atoms with van der Waals surface area (Å²) in [6.45, 7) is 0. The second-order valence-corrected chi connectivity index (χ2v) is 6.04. The van der Waals surface area contributed by atoms with Gasteiger partial charge in [-0.2, -0.15) is 0 Å². The van der Waals surface area contributed by atoms with Crippen LogP contribution in [0.3, 0.4) is 0 Å². The molecule has 0 unspecified atom stereocenters. The maximum atomic E-state index is 13.1. The second-order valence-electron chi connectivity index (χ2n) is 4.52. The normalized spacial score (nSPS) is 10.9. The van der Waals surface area contributed by atoms with Gasteiger partial charge in [0.1, 0.15) is 5.82 Å². The first-order valence-corrected chi connectivity index (χ1v) is 7.28. The molecule has 2 aromatic carbocycles. The highest BCUT2D eigenvalue weighted by Gasteiger charge is 2.11. The molecule has 100 valence electrons. The standard InChI is InChI=1S/C16H10ClFOS/c17-12-3-1-10(2-4-12)7-14(19)16-9-11-8-13(18)5-6-15(11)20-16/h1-6,8-9H,7H2. The van der Waals surface area contributed by atoms with Gasteiger partial charge in [0, 0.05) is 16.1 Å². The predicted octanol–water partition coefficient (Wildman–Crippen LogP) is 5.12. The molecule has 0 bridgehead atoms. The second kappa shape index (κ2) is 5.35. The molecular formula is C16H10ClFOS. The average Bonchev–Trinajstić information content (AvgIpc) is 2.84. The summed E-state index contributed by atoms with van der Waals surface area (Å²) in [7, 11) is 0. The zero-order valence-corrected chi connectivity index (χ0v) is 12.0. The highest BCUT2D eigenvalue weighted by molar-refractivity contribution is 7.20. The SMILES string of the molecule is O=C(Cc1ccc(Cl)cc1)c1cc2cc(F)ccc2s1. The fraction of sp³-hybridized carbons (Fsp3) is 0.0625. The van der Waals surface area contributed by atoms with Crippen molar-refractivity contribution < 1.29 is 9.18 Å². The van der Waals surface area contributed by atoms with Gasteiger partial charge in [-0.1, -0.05) is 23.7 Å². The summed E-state index contributed by atoms with van der Waals surface area (Å²) in [4.78, 5) is 12.9. The molecule has 0 saturated heterocycles. The largest absolute Gasteiger partial charge is 0.293 e. The molecule has 0 saturated carbocycles. The van der Waals surface area contributed by atoms with Gasteiger partial charge in [-0.25, -0.2) is 4.39 Å². The van der Waals surface area contributed by atoms with E-state index < -0.39 is 0 Å². The third-order valence-corrected chi connectivity index (χ3v) is 4.44. The third kappa shape index (κ3) is 2.74. The molecule has 0 aliphatic rings. The quantitative estimate of drug-likeness (QED) is 0.614. The number of fused-ring (bicyclic) bond motifs is 1. The fourth-order valence-corrected chi connectivity index (χ4v) is 3.13. The topological polar surface area (TPSA) is 17.1 Å². The predicted molar refractivity (Wildman–Crippen MR) is 81.3 cm³/mol. The Morgan fingerprint density at radius 3 is 2.60 bits per heavy atom. The number of carbonyl (C=O) groups excluding carboxylic acids is 1. The highest BCUT2D eigenvalue weighted by atomic mass is 35.5. The van der Waals surface area contributed by atoms with Crippen LogP contribution in [0.25, 0.3) is 10.1 Å². The molecule has 0 spiro atoms. The van der Waals surface area contributed by atoms with Gasteiger partial charge in [0.25, 0.3) is 0 Å². The van der Waals surface area contributed by atoms with Gasteiger partial charge in [0.2, 0.25) is 0 Å². The average molecular weight is 305 g/mol. The number of hydrogen-bond donors (Lipinski definition) is 0. The Kier molecular flexibility index (Phi) is 3.55. The monoisotopic (exact) mass is 304 g/mol. The van der Waals surface area contributed by atoms with Gasteiger partial charge >= 0.3 is 0 Å². The zero-order valence-electron chi connectivity index (χ0n) is 10.4. The first-order valence-electron chi connectivity index (χ1n) is 6.08. The van der Waals surface area contributed by atoms with Gasteiger partial charge in [-0.15, -0.1) is 11.3 Å². The van der Waals surface area contributed by atoms with Gasteiger partial charge in [-0.3, -0.25) is 4.79 Å². The van der Waals surface area contributed by atoms with Gasteiger partial charge in [0.15, 0.2) is 5.78 Å². The fourth-order valence-electron chi connectivity index (χ4n) is 2.03. The lowest BCUT2D eigenvalue weighted by Crippen LogP contribution is -2.00. The molecular weight excluding hydrogens is 295 g/mol. The van der Waals surface area contributed by atoms with Crippen molar-refractivity contribution in [2.24, 2.45) is 0 Å². The molecule has 1 heterocycles. The molecule has 20 heavy (non-hydrogen) atoms. The Morgan fingerprint density at radius 1 is 1.10 bits per heavy atom. The van der Waals surface area contributed by atoms with Crippen LogP contribution in [-0.2, 0) is 6.42 Å². The number of hydrogen-bond acceptors (Lipinski definition) is 2. The number of Topliss-reactive ketones (excluding diaryl/α,β-unsaturated/α-hetero) is 1. The van der Waals surface area contributed by atoms with E-state index in [-0.39, 0.29) is 11.6 Å². The van der Waals surface area contributed by atoms with Gasteiger partial charge in [-0.05, 0) is 47.3 Å². The van der Waals surface area contributed by atoms with Crippen LogP contribution in [0.2, 0.25) is 5.02 Å². The van der Waals surface area contributed by atoms with E-state index in [0.717, 1.165) is 15.6 Å². The van der Waals surface area contributed by atoms with Crippen LogP contribution < -0.4 is 0 Å². The number of ketones is 1. The molecule has 0 amide bonds. The molecule has 1 aromatic heterocycles. The molecule has 0 N–H and O–H groups in total. The molecule has 0 aliphatic carbocycles. The van der Waals surface area contributed by atoms with Crippen LogP contribution in [0.1, 0.15) is 15.2 Å². The molecule has 0 aliphatic heterocycles. The molecule has 0 radical (unpaired) electrons. The summed E-state index contributed by atoms with van der Waals surface area (Å²) in [6.07, 6.45) is 0.326. The van der Waals surface area contributed by atoms with Crippen LogP contribution in [-0.4, -0.2) is 5.78 Å². The van der Waals surface area contributed by atoms with E-state index in [9.17, 15) is 9.18 Å². The Bertz CT molecular complexity index is 777. The van der Waals surface area contributed by atoms with Gasteiger partial charge < -0.3 is 0 Å². The van der Waals surface area contributed by atoms with E-state index in [0.29, 0.717) is 16.3 Å². The van der Waals surface area contributed by atoms with E-state index in [4.69, 9.17) is 11.6 Å². The molecule has 0 atom stereocenters. The Labute approximate surface area is 124 Å². The van der Waals surface area contributed by atoms with Crippen LogP contribution in [0.5, 0.6) is 0 Å². The first kappa shape index (κ1) is 13.3. The van der Waals surface area contributed by atoms with Crippen molar-refractivity contribution in [3.05, 3.63) is 69.8 Å². The van der Waals surface area contributed by atoms with Crippen LogP contribution in [0.15, 0.2) is 48.5 Å². The van der Waals surface area contributed by atoms with Crippen molar-refractivity contribution in [1.82, 2.24) is 0 Å². The lowest BCUT2D eigenvalue weighted by molar-refractivity contribution is 0.0997. The van der Waals surface area contributed by atoms with Crippen molar-refractivity contribution in [3.63, 3.8) is 0 Å². The number of halogens is 2. The van der Waals surface area contributed by atoms with Crippen LogP contribution >= 0.6 is 22.9 Å². The highest BCUT2D eigenvalue weighted by Crippen LogP contribution is 2.27. The Hall–Kier alpha value is -1.71. The first-order chi connectivity index (χ1) is 9.61. The van der Waals surface area contributed by atoms with E-state index in [1.165, 1.54) is 23.5 Å². The summed E-state index contributed by atoms with van der Waals surface area (Å²) in [5, 5.41) is 1.42. The minimum absolute atomic E-state index is 0.0360. The maximum absolute atomic E-state index is 13.1. The van der Waals surface area contributed by atoms with Gasteiger partial charge in [0.05, 0.1) is 4.88 Å². The molecule has 3 rings (SSSR count). The minimum atomic E-state index is -0.285. The zero-order chi connectivity index (χ0) is 14.1. The molecule has 0 fully saturated rings. The smallest absolute Gasteiger partial charge is 0.177 e. The summed E-state index contributed by atoms with van der Waals surface area (Å²) < 4.78 is 14.1. The summed E-state index contributed by atoms with van der Waals surface area (Å²) in [5.74, 6) is -0.249. The van der Waals surface area contributed by atoms with Crippen molar-refractivity contribution in [1.29, 1.82) is 0 Å². The molecule has 1 nitrogen and oxygen atoms in total. The Morgan fingerprint density at radius 2 is 1.85 bits per heavy atom.